The van der Waals surface area contributed by atoms with Crippen molar-refractivity contribution in [2.24, 2.45) is 5.41 Å². The summed E-state index contributed by atoms with van der Waals surface area (Å²) in [6.07, 6.45) is 12.8. The second-order valence-corrected chi connectivity index (χ2v) is 3.68. The summed E-state index contributed by atoms with van der Waals surface area (Å²) in [5.74, 6) is 0. The summed E-state index contributed by atoms with van der Waals surface area (Å²) in [6, 6.07) is 0. The molecule has 0 aromatic carbocycles. The molecule has 0 amide bonds. The molecular formula is C11H11O. The van der Waals surface area contributed by atoms with E-state index in [0.717, 1.165) is 11.1 Å². The van der Waals surface area contributed by atoms with Gasteiger partial charge in [-0.15, -0.1) is 0 Å². The molecule has 0 aromatic rings. The monoisotopic (exact) mass is 159 g/mol. The van der Waals surface area contributed by atoms with E-state index in [4.69, 9.17) is 4.74 Å². The van der Waals surface area contributed by atoms with Crippen LogP contribution in [0.1, 0.15) is 13.8 Å². The summed E-state index contributed by atoms with van der Waals surface area (Å²) < 4.78 is 5.02. The van der Waals surface area contributed by atoms with Gasteiger partial charge in [-0.2, -0.15) is 0 Å². The van der Waals surface area contributed by atoms with Crippen LogP contribution in [-0.2, 0) is 4.74 Å². The Hall–Kier alpha value is -1.24. The Balaban J connectivity index is 2.41. The predicted octanol–water partition coefficient (Wildman–Crippen LogP) is 2.74. The smallest absolute Gasteiger partial charge is 0.0987 e. The van der Waals surface area contributed by atoms with Crippen LogP contribution < -0.4 is 0 Å². The van der Waals surface area contributed by atoms with E-state index in [-0.39, 0.29) is 5.41 Å². The summed E-state index contributed by atoms with van der Waals surface area (Å²) in [5, 5.41) is 0. The van der Waals surface area contributed by atoms with Crippen molar-refractivity contribution < 1.29 is 4.74 Å². The molecule has 0 aromatic heterocycles. The first-order valence-corrected chi connectivity index (χ1v) is 4.04. The first-order valence-electron chi connectivity index (χ1n) is 4.04. The van der Waals surface area contributed by atoms with E-state index in [1.807, 2.05) is 0 Å². The van der Waals surface area contributed by atoms with Crippen LogP contribution in [0.15, 0.2) is 41.9 Å². The second kappa shape index (κ2) is 2.37. The Labute approximate surface area is 72.7 Å². The number of allylic oxidation sites excluding steroid dienone is 6. The highest BCUT2D eigenvalue weighted by atomic mass is 16.5. The van der Waals surface area contributed by atoms with Gasteiger partial charge in [-0.25, -0.2) is 0 Å². The molecule has 0 N–H and O–H groups in total. The van der Waals surface area contributed by atoms with Gasteiger partial charge in [-0.1, -0.05) is 32.1 Å². The molecular weight excluding hydrogens is 148 g/mol. The van der Waals surface area contributed by atoms with Crippen molar-refractivity contribution in [3.8, 4) is 0 Å². The quantitative estimate of drug-likeness (QED) is 0.528. The van der Waals surface area contributed by atoms with Crippen LogP contribution in [0.2, 0.25) is 0 Å². The van der Waals surface area contributed by atoms with Gasteiger partial charge in [-0.05, 0) is 5.57 Å². The Kier molecular flexibility index (Phi) is 1.47. The lowest BCUT2D eigenvalue weighted by molar-refractivity contribution is 0.391. The molecule has 1 aliphatic carbocycles. The zero-order chi connectivity index (χ0) is 8.60. The molecule has 12 heavy (non-hydrogen) atoms. The molecule has 1 nitrogen and oxygen atoms in total. The Morgan fingerprint density at radius 3 is 3.08 bits per heavy atom. The molecule has 0 atom stereocenters. The first-order chi connectivity index (χ1) is 5.67. The molecule has 61 valence electrons. The lowest BCUT2D eigenvalue weighted by Gasteiger charge is -2.22. The summed E-state index contributed by atoms with van der Waals surface area (Å²) in [6.45, 7) is 4.34. The number of hydrogen-bond acceptors (Lipinski definition) is 1. The molecule has 1 aliphatic heterocycles. The van der Waals surface area contributed by atoms with Crippen molar-refractivity contribution in [1.29, 1.82) is 0 Å². The lowest BCUT2D eigenvalue weighted by Crippen LogP contribution is -2.09. The minimum absolute atomic E-state index is 0.144. The van der Waals surface area contributed by atoms with Gasteiger partial charge in [0.05, 0.1) is 12.5 Å². The fraction of sp³-hybridized carbons (Fsp3) is 0.273. The Morgan fingerprint density at radius 1 is 1.42 bits per heavy atom. The zero-order valence-corrected chi connectivity index (χ0v) is 7.29. The molecule has 0 unspecified atom stereocenters. The van der Waals surface area contributed by atoms with E-state index in [0.29, 0.717) is 0 Å². The van der Waals surface area contributed by atoms with Gasteiger partial charge in [-0.3, -0.25) is 0 Å². The molecule has 2 rings (SSSR count). The maximum Gasteiger partial charge on any atom is 0.0987 e. The fourth-order valence-electron chi connectivity index (χ4n) is 1.33. The van der Waals surface area contributed by atoms with Crippen molar-refractivity contribution in [2.75, 3.05) is 0 Å². The number of hydrogen-bond donors (Lipinski definition) is 0. The molecule has 1 heterocycles. The van der Waals surface area contributed by atoms with E-state index in [1.54, 1.807) is 12.5 Å². The third kappa shape index (κ3) is 1.22. The zero-order valence-electron chi connectivity index (χ0n) is 7.29. The van der Waals surface area contributed by atoms with Crippen molar-refractivity contribution in [2.45, 2.75) is 13.8 Å². The molecule has 0 spiro atoms. The largest absolute Gasteiger partial charge is 0.471 e. The molecule has 0 saturated carbocycles. The fourth-order valence-corrected chi connectivity index (χ4v) is 1.33. The van der Waals surface area contributed by atoms with E-state index in [2.05, 4.69) is 38.2 Å². The average molecular weight is 159 g/mol. The van der Waals surface area contributed by atoms with E-state index < -0.39 is 0 Å². The van der Waals surface area contributed by atoms with Crippen molar-refractivity contribution in [1.82, 2.24) is 0 Å². The van der Waals surface area contributed by atoms with Crippen molar-refractivity contribution in [3.63, 3.8) is 0 Å². The molecule has 0 fully saturated rings. The standard InChI is InChI=1S/C11H11O/c1-11(2)5-3-10-8-12-6-4-9(10)7-11/h3,5-8H,1-2H3. The maximum absolute atomic E-state index is 5.02. The number of ether oxygens (including phenoxy) is 1. The van der Waals surface area contributed by atoms with E-state index in [9.17, 15) is 0 Å². The van der Waals surface area contributed by atoms with Crippen LogP contribution in [0, 0.1) is 11.5 Å². The topological polar surface area (TPSA) is 9.23 Å². The van der Waals surface area contributed by atoms with Crippen molar-refractivity contribution in [3.05, 3.63) is 48.0 Å². The van der Waals surface area contributed by atoms with E-state index >= 15 is 0 Å². The van der Waals surface area contributed by atoms with Crippen LogP contribution >= 0.6 is 0 Å². The maximum atomic E-state index is 5.02. The predicted molar refractivity (Wildman–Crippen MR) is 48.0 cm³/mol. The Bertz CT molecular complexity index is 314. The first kappa shape index (κ1) is 7.41. The van der Waals surface area contributed by atoms with Crippen LogP contribution in [0.25, 0.3) is 0 Å². The highest BCUT2D eigenvalue weighted by Crippen LogP contribution is 2.31. The van der Waals surface area contributed by atoms with Crippen LogP contribution in [-0.4, -0.2) is 0 Å². The van der Waals surface area contributed by atoms with E-state index in [1.165, 1.54) is 0 Å². The molecule has 1 heteroatoms. The van der Waals surface area contributed by atoms with Gasteiger partial charge in [0.2, 0.25) is 0 Å². The normalized spacial score (nSPS) is 23.8. The highest BCUT2D eigenvalue weighted by molar-refractivity contribution is 5.49. The lowest BCUT2D eigenvalue weighted by atomic mass is 9.83. The summed E-state index contributed by atoms with van der Waals surface area (Å²) in [7, 11) is 0. The Morgan fingerprint density at radius 2 is 2.25 bits per heavy atom. The minimum Gasteiger partial charge on any atom is -0.471 e. The molecule has 0 bridgehead atoms. The molecule has 2 aliphatic rings. The molecule has 0 saturated heterocycles. The van der Waals surface area contributed by atoms with Gasteiger partial charge in [0, 0.05) is 17.1 Å². The number of rotatable bonds is 0. The average Bonchev–Trinajstić information content (AvgIpc) is 2.02. The summed E-state index contributed by atoms with van der Waals surface area (Å²) >= 11 is 0. The highest BCUT2D eigenvalue weighted by Gasteiger charge is 2.18. The summed E-state index contributed by atoms with van der Waals surface area (Å²) in [4.78, 5) is 0. The van der Waals surface area contributed by atoms with Gasteiger partial charge in [0.1, 0.15) is 0 Å². The van der Waals surface area contributed by atoms with Gasteiger partial charge in [0.15, 0.2) is 0 Å². The van der Waals surface area contributed by atoms with Gasteiger partial charge >= 0.3 is 0 Å². The van der Waals surface area contributed by atoms with Crippen LogP contribution in [0.5, 0.6) is 0 Å². The summed E-state index contributed by atoms with van der Waals surface area (Å²) in [5.41, 5.74) is 2.38. The van der Waals surface area contributed by atoms with Gasteiger partial charge < -0.3 is 4.74 Å². The third-order valence-electron chi connectivity index (χ3n) is 2.00. The number of fused-ring (bicyclic) bond motifs is 1. The SMILES string of the molecule is CC1(C)C=CC2=COC=[C]C2=C1. The third-order valence-corrected chi connectivity index (χ3v) is 2.00. The van der Waals surface area contributed by atoms with Crippen LogP contribution in [0.4, 0.5) is 0 Å². The second-order valence-electron chi connectivity index (χ2n) is 3.68. The van der Waals surface area contributed by atoms with Crippen molar-refractivity contribution >= 4 is 0 Å². The van der Waals surface area contributed by atoms with Gasteiger partial charge in [0.25, 0.3) is 0 Å². The minimum atomic E-state index is 0.144. The molecule has 1 radical (unpaired) electrons. The van der Waals surface area contributed by atoms with Crippen LogP contribution in [0.3, 0.4) is 0 Å².